The van der Waals surface area contributed by atoms with Crippen molar-refractivity contribution < 1.29 is 0 Å². The average molecular weight is 269 g/mol. The van der Waals surface area contributed by atoms with Gasteiger partial charge in [-0.2, -0.15) is 0 Å². The highest BCUT2D eigenvalue weighted by atomic mass is 16.1. The number of aromatic amines is 1. The molecule has 3 aromatic rings. The van der Waals surface area contributed by atoms with Gasteiger partial charge in [-0.15, -0.1) is 10.2 Å². The predicted octanol–water partition coefficient (Wildman–Crippen LogP) is 0.946. The normalized spacial score (nSPS) is 11.1. The average Bonchev–Trinajstić information content (AvgIpc) is 2.85. The molecule has 0 aliphatic rings. The van der Waals surface area contributed by atoms with Gasteiger partial charge in [0.25, 0.3) is 5.56 Å². The molecule has 2 aromatic heterocycles. The molecule has 0 aliphatic heterocycles. The van der Waals surface area contributed by atoms with Crippen LogP contribution in [0.5, 0.6) is 0 Å². The number of para-hydroxylation sites is 1. The third-order valence-corrected chi connectivity index (χ3v) is 3.23. The molecule has 3 rings (SSSR count). The van der Waals surface area contributed by atoms with E-state index < -0.39 is 0 Å². The number of hydrogen-bond acceptors (Lipinski definition) is 4. The first-order valence-corrected chi connectivity index (χ1v) is 6.38. The van der Waals surface area contributed by atoms with Gasteiger partial charge in [0.1, 0.15) is 12.2 Å². The van der Waals surface area contributed by atoms with Gasteiger partial charge in [-0.25, -0.2) is 0 Å². The molecule has 2 heterocycles. The van der Waals surface area contributed by atoms with Crippen LogP contribution >= 0.6 is 0 Å². The van der Waals surface area contributed by atoms with Gasteiger partial charge in [0.05, 0.1) is 6.54 Å². The van der Waals surface area contributed by atoms with E-state index in [-0.39, 0.29) is 5.56 Å². The number of pyridine rings is 1. The highest BCUT2D eigenvalue weighted by molar-refractivity contribution is 5.78. The van der Waals surface area contributed by atoms with E-state index in [2.05, 4.69) is 20.5 Å². The van der Waals surface area contributed by atoms with E-state index in [1.807, 2.05) is 41.9 Å². The summed E-state index contributed by atoms with van der Waals surface area (Å²) in [5.41, 5.74) is 1.51. The van der Waals surface area contributed by atoms with Crippen LogP contribution in [-0.2, 0) is 20.1 Å². The molecule has 0 spiro atoms. The number of rotatable bonds is 4. The van der Waals surface area contributed by atoms with Crippen LogP contribution in [0.2, 0.25) is 0 Å². The highest BCUT2D eigenvalue weighted by Crippen LogP contribution is 2.09. The second kappa shape index (κ2) is 5.26. The van der Waals surface area contributed by atoms with Gasteiger partial charge in [-0.3, -0.25) is 4.79 Å². The van der Waals surface area contributed by atoms with Gasteiger partial charge in [-0.1, -0.05) is 18.2 Å². The largest absolute Gasteiger partial charge is 0.322 e. The van der Waals surface area contributed by atoms with Crippen molar-refractivity contribution in [3.63, 3.8) is 0 Å². The van der Waals surface area contributed by atoms with Gasteiger partial charge < -0.3 is 14.9 Å². The topological polar surface area (TPSA) is 75.6 Å². The van der Waals surface area contributed by atoms with Crippen LogP contribution in [0.15, 0.2) is 41.5 Å². The molecule has 6 heteroatoms. The molecular weight excluding hydrogens is 254 g/mol. The number of nitrogens with zero attached hydrogens (tertiary/aromatic N) is 3. The van der Waals surface area contributed by atoms with E-state index in [1.165, 1.54) is 0 Å². The summed E-state index contributed by atoms with van der Waals surface area (Å²) >= 11 is 0. The Morgan fingerprint density at radius 1 is 1.30 bits per heavy atom. The Morgan fingerprint density at radius 2 is 2.15 bits per heavy atom. The summed E-state index contributed by atoms with van der Waals surface area (Å²) < 4.78 is 1.84. The number of aromatic nitrogens is 4. The molecule has 0 atom stereocenters. The van der Waals surface area contributed by atoms with Crippen molar-refractivity contribution in [2.45, 2.75) is 13.1 Å². The minimum absolute atomic E-state index is 0.0610. The number of aryl methyl sites for hydroxylation is 1. The maximum atomic E-state index is 12.0. The van der Waals surface area contributed by atoms with E-state index in [9.17, 15) is 4.79 Å². The van der Waals surface area contributed by atoms with Crippen molar-refractivity contribution >= 4 is 10.9 Å². The molecule has 0 radical (unpaired) electrons. The molecule has 20 heavy (non-hydrogen) atoms. The summed E-state index contributed by atoms with van der Waals surface area (Å²) in [5, 5.41) is 12.0. The van der Waals surface area contributed by atoms with Crippen molar-refractivity contribution in [2.24, 2.45) is 7.05 Å². The maximum absolute atomic E-state index is 12.0. The summed E-state index contributed by atoms with van der Waals surface area (Å²) in [6, 6.07) is 9.66. The van der Waals surface area contributed by atoms with Gasteiger partial charge in [-0.05, 0) is 17.5 Å². The van der Waals surface area contributed by atoms with Crippen LogP contribution in [-0.4, -0.2) is 19.7 Å². The minimum atomic E-state index is -0.0610. The Morgan fingerprint density at radius 3 is 2.95 bits per heavy atom. The Bertz CT molecular complexity index is 789. The van der Waals surface area contributed by atoms with Crippen molar-refractivity contribution in [1.82, 2.24) is 25.1 Å². The lowest BCUT2D eigenvalue weighted by Gasteiger charge is -2.05. The smallest absolute Gasteiger partial charge is 0.252 e. The van der Waals surface area contributed by atoms with Crippen molar-refractivity contribution in [3.05, 3.63) is 58.4 Å². The first kappa shape index (κ1) is 12.6. The van der Waals surface area contributed by atoms with Crippen LogP contribution in [0.3, 0.4) is 0 Å². The highest BCUT2D eigenvalue weighted by Gasteiger charge is 2.04. The molecule has 0 fully saturated rings. The molecule has 0 aliphatic carbocycles. The molecule has 0 bridgehead atoms. The van der Waals surface area contributed by atoms with Gasteiger partial charge >= 0.3 is 0 Å². The molecule has 2 N–H and O–H groups in total. The second-order valence-corrected chi connectivity index (χ2v) is 4.67. The summed E-state index contributed by atoms with van der Waals surface area (Å²) in [4.78, 5) is 14.8. The summed E-state index contributed by atoms with van der Waals surface area (Å²) in [6.07, 6.45) is 1.65. The standard InChI is InChI=1S/C14H15N5O/c1-19-9-16-18-13(19)8-15-7-11-6-10-4-2-3-5-12(10)17-14(11)20/h2-6,9,15H,7-8H2,1H3,(H,17,20). The van der Waals surface area contributed by atoms with Gasteiger partial charge in [0.15, 0.2) is 0 Å². The van der Waals surface area contributed by atoms with E-state index in [0.717, 1.165) is 16.7 Å². The van der Waals surface area contributed by atoms with Crippen LogP contribution in [0, 0.1) is 0 Å². The number of H-pyrrole nitrogens is 1. The number of fused-ring (bicyclic) bond motifs is 1. The fourth-order valence-electron chi connectivity index (χ4n) is 2.10. The molecule has 6 nitrogen and oxygen atoms in total. The van der Waals surface area contributed by atoms with E-state index >= 15 is 0 Å². The zero-order valence-corrected chi connectivity index (χ0v) is 11.1. The lowest BCUT2D eigenvalue weighted by Crippen LogP contribution is -2.21. The Balaban J connectivity index is 1.76. The van der Waals surface area contributed by atoms with Gasteiger partial charge in [0, 0.05) is 24.7 Å². The minimum Gasteiger partial charge on any atom is -0.322 e. The van der Waals surface area contributed by atoms with E-state index in [4.69, 9.17) is 0 Å². The van der Waals surface area contributed by atoms with Gasteiger partial charge in [0.2, 0.25) is 0 Å². The van der Waals surface area contributed by atoms with Crippen molar-refractivity contribution in [2.75, 3.05) is 0 Å². The Hall–Kier alpha value is -2.47. The van der Waals surface area contributed by atoms with E-state index in [1.54, 1.807) is 6.33 Å². The fraction of sp³-hybridized carbons (Fsp3) is 0.214. The molecule has 0 amide bonds. The molecule has 0 saturated carbocycles. The SMILES string of the molecule is Cn1cnnc1CNCc1cc2ccccc2[nH]c1=O. The fourth-order valence-corrected chi connectivity index (χ4v) is 2.10. The summed E-state index contributed by atoms with van der Waals surface area (Å²) in [6.45, 7) is 1.07. The Labute approximate surface area is 115 Å². The number of hydrogen-bond donors (Lipinski definition) is 2. The van der Waals surface area contributed by atoms with Crippen molar-refractivity contribution in [1.29, 1.82) is 0 Å². The molecule has 102 valence electrons. The predicted molar refractivity (Wildman–Crippen MR) is 76.1 cm³/mol. The first-order valence-electron chi connectivity index (χ1n) is 6.38. The lowest BCUT2D eigenvalue weighted by molar-refractivity contribution is 0.634. The monoisotopic (exact) mass is 269 g/mol. The zero-order chi connectivity index (χ0) is 13.9. The maximum Gasteiger partial charge on any atom is 0.252 e. The quantitative estimate of drug-likeness (QED) is 0.739. The summed E-state index contributed by atoms with van der Waals surface area (Å²) in [5.74, 6) is 0.835. The van der Waals surface area contributed by atoms with E-state index in [0.29, 0.717) is 18.7 Å². The number of benzene rings is 1. The second-order valence-electron chi connectivity index (χ2n) is 4.67. The van der Waals surface area contributed by atoms with Crippen LogP contribution in [0.4, 0.5) is 0 Å². The number of nitrogens with one attached hydrogen (secondary N) is 2. The van der Waals surface area contributed by atoms with Crippen LogP contribution in [0.1, 0.15) is 11.4 Å². The summed E-state index contributed by atoms with van der Waals surface area (Å²) in [7, 11) is 1.89. The Kier molecular flexibility index (Phi) is 3.30. The van der Waals surface area contributed by atoms with Crippen molar-refractivity contribution in [3.8, 4) is 0 Å². The zero-order valence-electron chi connectivity index (χ0n) is 11.1. The van der Waals surface area contributed by atoms with Crippen LogP contribution in [0.25, 0.3) is 10.9 Å². The molecule has 0 unspecified atom stereocenters. The first-order chi connectivity index (χ1) is 9.74. The third kappa shape index (κ3) is 2.46. The van der Waals surface area contributed by atoms with Crippen LogP contribution < -0.4 is 10.9 Å². The molecular formula is C14H15N5O. The molecule has 0 saturated heterocycles. The molecule has 1 aromatic carbocycles. The lowest BCUT2D eigenvalue weighted by atomic mass is 10.1. The third-order valence-electron chi connectivity index (χ3n) is 3.23.